The molecule has 2 amide bonds. The van der Waals surface area contributed by atoms with E-state index in [1.807, 2.05) is 0 Å². The highest BCUT2D eigenvalue weighted by atomic mass is 16.5. The maximum Gasteiger partial charge on any atom is 0.407 e. The van der Waals surface area contributed by atoms with E-state index in [9.17, 15) is 39.0 Å². The Kier molecular flexibility index (Phi) is 8.29. The third-order valence-corrected chi connectivity index (χ3v) is 8.58. The number of nitrogens with zero attached hydrogens (tertiary/aromatic N) is 2. The molecule has 6 atom stereocenters. The number of ketones is 4. The maximum absolute atomic E-state index is 14.0. The number of nitrogens with one attached hydrogen (secondary N) is 1. The topological polar surface area (TPSA) is 197 Å². The summed E-state index contributed by atoms with van der Waals surface area (Å²) in [6.07, 6.45) is 1.38. The Morgan fingerprint density at radius 1 is 1.19 bits per heavy atom. The minimum Gasteiger partial charge on any atom is -0.507 e. The Hall–Kier alpha value is -4.10. The van der Waals surface area contributed by atoms with Crippen LogP contribution in [0.3, 0.4) is 0 Å². The SMILES string of the molecule is C=CCCOC(=O)NCc1cc(N(C)C)c2c(c1O)C(=O)C1C(=O)[C@@]3(O)C(=O)C(C(N)=O)C(=O)[C@H](N(C)C)[C@H]3C[C@H]1C2. The van der Waals surface area contributed by atoms with Gasteiger partial charge in [0, 0.05) is 37.8 Å². The van der Waals surface area contributed by atoms with E-state index in [-0.39, 0.29) is 37.1 Å². The predicted molar refractivity (Wildman–Crippen MR) is 149 cm³/mol. The number of benzene rings is 1. The Bertz CT molecular complexity index is 1390. The van der Waals surface area contributed by atoms with Crippen LogP contribution in [0.5, 0.6) is 5.75 Å². The molecule has 0 bridgehead atoms. The predicted octanol–water partition coefficient (Wildman–Crippen LogP) is -0.265. The molecule has 0 spiro atoms. The molecule has 3 aliphatic carbocycles. The van der Waals surface area contributed by atoms with Gasteiger partial charge in [-0.2, -0.15) is 0 Å². The Balaban J connectivity index is 1.77. The summed E-state index contributed by atoms with van der Waals surface area (Å²) in [6.45, 7) is 3.46. The highest BCUT2D eigenvalue weighted by Crippen LogP contribution is 2.52. The Morgan fingerprint density at radius 2 is 1.86 bits per heavy atom. The average Bonchev–Trinajstić information content (AvgIpc) is 2.89. The van der Waals surface area contributed by atoms with Gasteiger partial charge < -0.3 is 30.9 Å². The number of aromatic hydroxyl groups is 1. The first-order valence-electron chi connectivity index (χ1n) is 13.6. The summed E-state index contributed by atoms with van der Waals surface area (Å²) in [5, 5.41) is 25.5. The standard InChI is InChI=1S/C29H36N4O9/c1-6-7-8-42-28(40)31-12-14-11-17(32(2)3)15-9-13-10-16-21(33(4)5)24(36)20(27(30)39)26(38)29(16,41)25(37)18(13)23(35)19(15)22(14)34/h6,11,13,16,18,20-21,34,41H,1,7-10,12H2,2-5H3,(H2,30,39)(H,31,40)/t13-,16-,18?,20?,21-,29-/m1/s1. The summed E-state index contributed by atoms with van der Waals surface area (Å²) >= 11 is 0. The number of carbonyl (C=O) groups is 6. The molecule has 0 radical (unpaired) electrons. The van der Waals surface area contributed by atoms with Crippen molar-refractivity contribution in [1.82, 2.24) is 10.2 Å². The molecule has 42 heavy (non-hydrogen) atoms. The number of carbonyl (C=O) groups excluding carboxylic acids is 6. The first-order valence-corrected chi connectivity index (χ1v) is 13.6. The van der Waals surface area contributed by atoms with Crippen molar-refractivity contribution >= 4 is 40.8 Å². The summed E-state index contributed by atoms with van der Waals surface area (Å²) < 4.78 is 5.03. The molecule has 2 unspecified atom stereocenters. The molecule has 13 heteroatoms. The molecule has 0 saturated heterocycles. The molecule has 5 N–H and O–H groups in total. The lowest BCUT2D eigenvalue weighted by molar-refractivity contribution is -0.181. The molecular weight excluding hydrogens is 548 g/mol. The molecule has 2 saturated carbocycles. The number of rotatable bonds is 8. The number of fused-ring (bicyclic) bond motifs is 3. The molecule has 1 aromatic rings. The van der Waals surface area contributed by atoms with Gasteiger partial charge in [-0.05, 0) is 50.9 Å². The number of phenols is 1. The van der Waals surface area contributed by atoms with Crippen LogP contribution in [0.25, 0.3) is 0 Å². The quantitative estimate of drug-likeness (QED) is 0.178. The number of ether oxygens (including phenoxy) is 1. The Morgan fingerprint density at radius 3 is 2.43 bits per heavy atom. The lowest BCUT2D eigenvalue weighted by Crippen LogP contribution is -2.74. The second kappa shape index (κ2) is 11.3. The lowest BCUT2D eigenvalue weighted by atomic mass is 9.52. The van der Waals surface area contributed by atoms with Crippen LogP contribution in [0, 0.1) is 23.7 Å². The van der Waals surface area contributed by atoms with E-state index in [4.69, 9.17) is 10.5 Å². The van der Waals surface area contributed by atoms with Crippen molar-refractivity contribution in [1.29, 1.82) is 0 Å². The zero-order chi connectivity index (χ0) is 31.3. The molecule has 0 aliphatic heterocycles. The minimum absolute atomic E-state index is 0.0443. The van der Waals surface area contributed by atoms with E-state index in [1.54, 1.807) is 31.1 Å². The normalized spacial score (nSPS) is 28.5. The number of hydrogen-bond donors (Lipinski definition) is 4. The lowest BCUT2D eigenvalue weighted by Gasteiger charge is -2.52. The summed E-state index contributed by atoms with van der Waals surface area (Å²) in [6, 6.07) is 0.452. The van der Waals surface area contributed by atoms with Crippen LogP contribution in [0.15, 0.2) is 18.7 Å². The number of primary amides is 1. The third-order valence-electron chi connectivity index (χ3n) is 8.58. The van der Waals surface area contributed by atoms with Crippen molar-refractivity contribution in [2.75, 3.05) is 39.7 Å². The van der Waals surface area contributed by atoms with E-state index >= 15 is 0 Å². The van der Waals surface area contributed by atoms with Gasteiger partial charge in [-0.1, -0.05) is 6.08 Å². The van der Waals surface area contributed by atoms with Gasteiger partial charge in [0.1, 0.15) is 5.75 Å². The molecule has 3 aliphatic rings. The highest BCUT2D eigenvalue weighted by molar-refractivity contribution is 6.32. The molecule has 1 aromatic carbocycles. The number of likely N-dealkylation sites (N-methyl/N-ethyl adjacent to an activating group) is 1. The number of amides is 2. The first kappa shape index (κ1) is 30.8. The van der Waals surface area contributed by atoms with Crippen molar-refractivity contribution < 1.29 is 43.7 Å². The smallest absolute Gasteiger partial charge is 0.407 e. The van der Waals surface area contributed by atoms with Gasteiger partial charge in [0.25, 0.3) is 0 Å². The summed E-state index contributed by atoms with van der Waals surface area (Å²) in [5.74, 6) is -11.2. The zero-order valence-electron chi connectivity index (χ0n) is 24.0. The number of Topliss-reactive ketones (excluding diaryl/α,β-unsaturated/α-hetero) is 4. The molecule has 0 aromatic heterocycles. The summed E-state index contributed by atoms with van der Waals surface area (Å²) in [7, 11) is 6.53. The van der Waals surface area contributed by atoms with Gasteiger partial charge in [-0.3, -0.25) is 28.9 Å². The fraction of sp³-hybridized carbons (Fsp3) is 0.517. The van der Waals surface area contributed by atoms with Crippen LogP contribution < -0.4 is 16.0 Å². The molecule has 13 nitrogen and oxygen atoms in total. The number of alkyl carbamates (subject to hydrolysis) is 1. The third kappa shape index (κ3) is 4.75. The van der Waals surface area contributed by atoms with Gasteiger partial charge in [0.15, 0.2) is 34.7 Å². The molecular formula is C29H36N4O9. The molecule has 4 rings (SSSR count). The number of aliphatic hydroxyl groups is 1. The number of hydrogen-bond acceptors (Lipinski definition) is 11. The van der Waals surface area contributed by atoms with Crippen LogP contribution in [0.4, 0.5) is 10.5 Å². The average molecular weight is 585 g/mol. The zero-order valence-corrected chi connectivity index (χ0v) is 24.0. The van der Waals surface area contributed by atoms with E-state index in [0.29, 0.717) is 17.7 Å². The van der Waals surface area contributed by atoms with Crippen molar-refractivity contribution in [2.24, 2.45) is 29.4 Å². The van der Waals surface area contributed by atoms with E-state index in [1.165, 1.54) is 19.0 Å². The molecule has 2 fully saturated rings. The van der Waals surface area contributed by atoms with E-state index in [0.717, 1.165) is 0 Å². The second-order valence-corrected chi connectivity index (χ2v) is 11.5. The van der Waals surface area contributed by atoms with Crippen molar-refractivity contribution in [3.8, 4) is 5.75 Å². The fourth-order valence-electron chi connectivity index (χ4n) is 6.69. The van der Waals surface area contributed by atoms with Gasteiger partial charge in [0.2, 0.25) is 5.91 Å². The van der Waals surface area contributed by atoms with Crippen LogP contribution in [-0.4, -0.2) is 96.7 Å². The van der Waals surface area contributed by atoms with Gasteiger partial charge >= 0.3 is 6.09 Å². The highest BCUT2D eigenvalue weighted by Gasteiger charge is 2.69. The number of anilines is 1. The number of nitrogens with two attached hydrogens (primary N) is 1. The fourth-order valence-corrected chi connectivity index (χ4v) is 6.69. The summed E-state index contributed by atoms with van der Waals surface area (Å²) in [5.41, 5.74) is 3.62. The van der Waals surface area contributed by atoms with Crippen LogP contribution >= 0.6 is 0 Å². The van der Waals surface area contributed by atoms with Gasteiger partial charge in [-0.25, -0.2) is 4.79 Å². The first-order chi connectivity index (χ1) is 19.7. The van der Waals surface area contributed by atoms with Crippen molar-refractivity contribution in [3.05, 3.63) is 35.4 Å². The monoisotopic (exact) mass is 584 g/mol. The minimum atomic E-state index is -2.80. The number of phenolic OH excluding ortho intramolecular Hbond substituents is 1. The largest absolute Gasteiger partial charge is 0.507 e. The van der Waals surface area contributed by atoms with Crippen LogP contribution in [0.1, 0.15) is 34.3 Å². The second-order valence-electron chi connectivity index (χ2n) is 11.5. The summed E-state index contributed by atoms with van der Waals surface area (Å²) in [4.78, 5) is 82.0. The van der Waals surface area contributed by atoms with E-state index < -0.39 is 76.2 Å². The molecule has 226 valence electrons. The molecule has 0 heterocycles. The van der Waals surface area contributed by atoms with Gasteiger partial charge in [-0.15, -0.1) is 6.58 Å². The Labute approximate surface area is 242 Å². The van der Waals surface area contributed by atoms with Crippen molar-refractivity contribution in [3.63, 3.8) is 0 Å². The van der Waals surface area contributed by atoms with Crippen molar-refractivity contribution in [2.45, 2.75) is 37.5 Å². The van der Waals surface area contributed by atoms with E-state index in [2.05, 4.69) is 11.9 Å². The van der Waals surface area contributed by atoms with Crippen LogP contribution in [-0.2, 0) is 36.9 Å². The maximum atomic E-state index is 14.0. The van der Waals surface area contributed by atoms with Gasteiger partial charge in [0.05, 0.1) is 24.1 Å². The van der Waals surface area contributed by atoms with Crippen LogP contribution in [0.2, 0.25) is 0 Å².